The summed E-state index contributed by atoms with van der Waals surface area (Å²) in [4.78, 5) is 11.8. The van der Waals surface area contributed by atoms with Gasteiger partial charge in [-0.15, -0.1) is 0 Å². The quantitative estimate of drug-likeness (QED) is 0.403. The molecule has 2 aromatic heterocycles. The minimum absolute atomic E-state index is 0.0158. The molecule has 1 saturated heterocycles. The van der Waals surface area contributed by atoms with Crippen molar-refractivity contribution >= 4 is 22.9 Å². The Morgan fingerprint density at radius 3 is 2.65 bits per heavy atom. The summed E-state index contributed by atoms with van der Waals surface area (Å²) in [6, 6.07) is 0. The van der Waals surface area contributed by atoms with Crippen molar-refractivity contribution in [2.45, 2.75) is 24.5 Å². The first-order valence-electron chi connectivity index (χ1n) is 5.91. The van der Waals surface area contributed by atoms with Crippen LogP contribution in [0.3, 0.4) is 0 Å². The van der Waals surface area contributed by atoms with Crippen LogP contribution >= 0.6 is 0 Å². The monoisotopic (exact) mass is 282 g/mol. The second-order valence-corrected chi connectivity index (χ2v) is 4.50. The molecule has 10 heteroatoms. The second-order valence-electron chi connectivity index (χ2n) is 4.50. The zero-order valence-corrected chi connectivity index (χ0v) is 10.3. The largest absolute Gasteiger partial charge is 0.394 e. The average molecular weight is 282 g/mol. The molecule has 7 N–H and O–H groups in total. The molecule has 0 amide bonds. The first-order valence-corrected chi connectivity index (χ1v) is 5.91. The molecule has 0 saturated carbocycles. The third-order valence-corrected chi connectivity index (χ3v) is 3.30. The molecule has 0 aromatic carbocycles. The molecule has 3 rings (SSSR count). The van der Waals surface area contributed by atoms with Gasteiger partial charge in [0.1, 0.15) is 24.6 Å². The highest BCUT2D eigenvalue weighted by Crippen LogP contribution is 2.33. The number of nitrogens with two attached hydrogens (primary N) is 2. The maximum absolute atomic E-state index is 10.0. The lowest BCUT2D eigenvalue weighted by Crippen LogP contribution is -2.33. The lowest BCUT2D eigenvalue weighted by atomic mass is 10.1. The summed E-state index contributed by atoms with van der Waals surface area (Å²) in [6.45, 7) is -0.432. The van der Waals surface area contributed by atoms with Gasteiger partial charge in [-0.3, -0.25) is 4.57 Å². The average Bonchev–Trinajstić information content (AvgIpc) is 2.90. The molecule has 1 aliphatic heterocycles. The van der Waals surface area contributed by atoms with Gasteiger partial charge in [0.25, 0.3) is 0 Å². The van der Waals surface area contributed by atoms with E-state index < -0.39 is 31.1 Å². The molecule has 108 valence electrons. The van der Waals surface area contributed by atoms with Gasteiger partial charge >= 0.3 is 0 Å². The number of aliphatic hydroxyl groups excluding tert-OH is 3. The van der Waals surface area contributed by atoms with E-state index in [2.05, 4.69) is 15.0 Å². The lowest BCUT2D eigenvalue weighted by Gasteiger charge is -2.17. The molecule has 3 heterocycles. The Bertz CT molecular complexity index is 646. The van der Waals surface area contributed by atoms with E-state index in [4.69, 9.17) is 21.3 Å². The predicted molar refractivity (Wildman–Crippen MR) is 67.2 cm³/mol. The van der Waals surface area contributed by atoms with Crippen molar-refractivity contribution in [2.24, 2.45) is 0 Å². The van der Waals surface area contributed by atoms with Crippen molar-refractivity contribution in [2.75, 3.05) is 18.1 Å². The number of nitrogen functional groups attached to an aromatic ring is 2. The number of rotatable bonds is 2. The Balaban J connectivity index is 2.11. The Kier molecular flexibility index (Phi) is 2.94. The van der Waals surface area contributed by atoms with E-state index in [1.54, 1.807) is 0 Å². The van der Waals surface area contributed by atoms with Crippen molar-refractivity contribution in [3.8, 4) is 0 Å². The van der Waals surface area contributed by atoms with E-state index in [1.165, 1.54) is 10.9 Å². The normalized spacial score (nSPS) is 30.1. The van der Waals surface area contributed by atoms with Crippen molar-refractivity contribution in [1.82, 2.24) is 19.5 Å². The molecule has 4 atom stereocenters. The number of nitrogens with zero attached hydrogens (tertiary/aromatic N) is 4. The van der Waals surface area contributed by atoms with Gasteiger partial charge < -0.3 is 31.5 Å². The first-order chi connectivity index (χ1) is 9.54. The van der Waals surface area contributed by atoms with Crippen LogP contribution in [0.5, 0.6) is 0 Å². The van der Waals surface area contributed by atoms with E-state index in [0.717, 1.165) is 0 Å². The highest BCUT2D eigenvalue weighted by molar-refractivity contribution is 5.83. The van der Waals surface area contributed by atoms with E-state index in [9.17, 15) is 10.2 Å². The van der Waals surface area contributed by atoms with Gasteiger partial charge in [-0.05, 0) is 0 Å². The number of aliphatic hydroxyl groups is 3. The van der Waals surface area contributed by atoms with Crippen LogP contribution in [0.15, 0.2) is 6.33 Å². The van der Waals surface area contributed by atoms with E-state index in [-0.39, 0.29) is 22.9 Å². The Hall–Kier alpha value is -2.01. The molecule has 0 spiro atoms. The zero-order chi connectivity index (χ0) is 14.4. The van der Waals surface area contributed by atoms with Crippen molar-refractivity contribution in [3.63, 3.8) is 0 Å². The minimum atomic E-state index is -1.27. The molecular formula is C10H14N6O4. The summed E-state index contributed by atoms with van der Waals surface area (Å²) < 4.78 is 6.72. The molecule has 0 bridgehead atoms. The van der Waals surface area contributed by atoms with Crippen molar-refractivity contribution in [1.29, 1.82) is 0 Å². The van der Waals surface area contributed by atoms with Crippen LogP contribution < -0.4 is 11.5 Å². The Morgan fingerprint density at radius 1 is 1.25 bits per heavy atom. The third-order valence-electron chi connectivity index (χ3n) is 3.30. The molecule has 0 aliphatic carbocycles. The summed E-state index contributed by atoms with van der Waals surface area (Å²) in [5.41, 5.74) is 12.0. The summed E-state index contributed by atoms with van der Waals surface area (Å²) in [5, 5.41) is 28.9. The molecule has 1 aliphatic rings. The van der Waals surface area contributed by atoms with Crippen molar-refractivity contribution in [3.05, 3.63) is 6.33 Å². The minimum Gasteiger partial charge on any atom is -0.394 e. The number of imidazole rings is 1. The number of hydrogen-bond donors (Lipinski definition) is 5. The van der Waals surface area contributed by atoms with E-state index in [0.29, 0.717) is 0 Å². The van der Waals surface area contributed by atoms with Gasteiger partial charge in [0.15, 0.2) is 23.2 Å². The lowest BCUT2D eigenvalue weighted by molar-refractivity contribution is -0.0500. The third kappa shape index (κ3) is 1.70. The van der Waals surface area contributed by atoms with E-state index in [1.807, 2.05) is 0 Å². The van der Waals surface area contributed by atoms with Crippen LogP contribution in [0.4, 0.5) is 11.8 Å². The predicted octanol–water partition coefficient (Wildman–Crippen LogP) is -2.40. The molecule has 1 unspecified atom stereocenters. The fourth-order valence-corrected chi connectivity index (χ4v) is 2.29. The molecule has 20 heavy (non-hydrogen) atoms. The number of ether oxygens (including phenoxy) is 1. The van der Waals surface area contributed by atoms with Crippen LogP contribution in [0.25, 0.3) is 11.2 Å². The van der Waals surface area contributed by atoms with Gasteiger partial charge in [-0.1, -0.05) is 0 Å². The van der Waals surface area contributed by atoms with E-state index >= 15 is 0 Å². The maximum atomic E-state index is 10.0. The number of hydrogen-bond acceptors (Lipinski definition) is 9. The van der Waals surface area contributed by atoms with Crippen LogP contribution in [-0.4, -0.2) is 59.8 Å². The van der Waals surface area contributed by atoms with Gasteiger partial charge in [0.2, 0.25) is 5.95 Å². The zero-order valence-electron chi connectivity index (χ0n) is 10.3. The first kappa shape index (κ1) is 13.0. The molecule has 10 nitrogen and oxygen atoms in total. The van der Waals surface area contributed by atoms with Crippen LogP contribution in [0.2, 0.25) is 0 Å². The van der Waals surface area contributed by atoms with Crippen molar-refractivity contribution < 1.29 is 20.1 Å². The number of fused-ring (bicyclic) bond motifs is 1. The summed E-state index contributed by atoms with van der Waals surface area (Å²) >= 11 is 0. The molecule has 1 fully saturated rings. The number of anilines is 2. The molecule has 0 radical (unpaired) electrons. The summed E-state index contributed by atoms with van der Waals surface area (Å²) in [7, 11) is 0. The molecule has 2 aromatic rings. The fourth-order valence-electron chi connectivity index (χ4n) is 2.29. The highest BCUT2D eigenvalue weighted by Gasteiger charge is 2.44. The fraction of sp³-hybridized carbons (Fsp3) is 0.500. The number of aromatic nitrogens is 4. The van der Waals surface area contributed by atoms with Gasteiger partial charge in [0.05, 0.1) is 6.61 Å². The molecular weight excluding hydrogens is 268 g/mol. The Morgan fingerprint density at radius 2 is 2.00 bits per heavy atom. The SMILES string of the molecule is Nc1ncnc2c1nc(N)n2[C@@H]1O[C@H](CO)C(O)[C@@H]1O. The van der Waals surface area contributed by atoms with Crippen LogP contribution in [0, 0.1) is 0 Å². The van der Waals surface area contributed by atoms with Gasteiger partial charge in [-0.25, -0.2) is 15.0 Å². The maximum Gasteiger partial charge on any atom is 0.204 e. The van der Waals surface area contributed by atoms with Gasteiger partial charge in [0, 0.05) is 0 Å². The van der Waals surface area contributed by atoms with Crippen LogP contribution in [-0.2, 0) is 4.74 Å². The van der Waals surface area contributed by atoms with Crippen LogP contribution in [0.1, 0.15) is 6.23 Å². The Labute approximate surface area is 112 Å². The standard InChI is InChI=1S/C10H14N6O4/c11-7-4-8(14-2-13-7)16(10(12)15-4)9-6(19)5(18)3(1-17)20-9/h2-3,5-6,9,17-19H,1H2,(H2,12,15)(H2,11,13,14)/t3-,5?,6+,9-/m1/s1. The van der Waals surface area contributed by atoms with Gasteiger partial charge in [-0.2, -0.15) is 0 Å². The smallest absolute Gasteiger partial charge is 0.204 e. The second kappa shape index (κ2) is 4.52. The summed E-state index contributed by atoms with van der Waals surface area (Å²) in [5.74, 6) is 0.161. The topological polar surface area (TPSA) is 166 Å². The highest BCUT2D eigenvalue weighted by atomic mass is 16.6. The summed E-state index contributed by atoms with van der Waals surface area (Å²) in [6.07, 6.45) is -3.20.